The van der Waals surface area contributed by atoms with Gasteiger partial charge in [-0.2, -0.15) is 0 Å². The highest BCUT2D eigenvalue weighted by atomic mass is 79.9. The molecule has 0 saturated carbocycles. The Morgan fingerprint density at radius 2 is 1.95 bits per heavy atom. The van der Waals surface area contributed by atoms with E-state index in [-0.39, 0.29) is 0 Å². The molecule has 0 radical (unpaired) electrons. The summed E-state index contributed by atoms with van der Waals surface area (Å²) in [7, 11) is 2.05. The standard InChI is InChI=1S/C14H18BrN5/c1-18-5-4-16-14(18)11-19-6-8-20(9-7-19)13-3-2-12(15)10-17-13/h2-5,10H,6-9,11H2,1H3. The molecule has 2 aromatic rings. The van der Waals surface area contributed by atoms with Crippen molar-refractivity contribution < 1.29 is 0 Å². The van der Waals surface area contributed by atoms with Crippen LogP contribution in [0, 0.1) is 0 Å². The van der Waals surface area contributed by atoms with Gasteiger partial charge in [0.2, 0.25) is 0 Å². The molecular formula is C14H18BrN5. The molecule has 0 amide bonds. The van der Waals surface area contributed by atoms with Crippen LogP contribution in [-0.2, 0) is 13.6 Å². The molecular weight excluding hydrogens is 318 g/mol. The number of hydrogen-bond acceptors (Lipinski definition) is 4. The van der Waals surface area contributed by atoms with E-state index in [0.717, 1.165) is 48.8 Å². The lowest BCUT2D eigenvalue weighted by molar-refractivity contribution is 0.241. The van der Waals surface area contributed by atoms with Crippen molar-refractivity contribution in [3.63, 3.8) is 0 Å². The molecule has 6 heteroatoms. The molecule has 5 nitrogen and oxygen atoms in total. The molecule has 0 atom stereocenters. The lowest BCUT2D eigenvalue weighted by Crippen LogP contribution is -2.46. The molecule has 0 N–H and O–H groups in total. The van der Waals surface area contributed by atoms with Crippen LogP contribution in [0.4, 0.5) is 5.82 Å². The Bertz CT molecular complexity index is 557. The molecule has 0 aromatic carbocycles. The minimum atomic E-state index is 0.922. The van der Waals surface area contributed by atoms with Crippen molar-refractivity contribution in [1.82, 2.24) is 19.4 Å². The van der Waals surface area contributed by atoms with Crippen LogP contribution in [0.2, 0.25) is 0 Å². The molecule has 106 valence electrons. The quantitative estimate of drug-likeness (QED) is 0.858. The van der Waals surface area contributed by atoms with Crippen LogP contribution < -0.4 is 4.90 Å². The first-order chi connectivity index (χ1) is 9.72. The van der Waals surface area contributed by atoms with Crippen LogP contribution in [0.5, 0.6) is 0 Å². The summed E-state index contributed by atoms with van der Waals surface area (Å²) >= 11 is 3.42. The van der Waals surface area contributed by atoms with E-state index < -0.39 is 0 Å². The number of rotatable bonds is 3. The molecule has 2 aromatic heterocycles. The Labute approximate surface area is 127 Å². The molecule has 20 heavy (non-hydrogen) atoms. The molecule has 1 fully saturated rings. The van der Waals surface area contributed by atoms with E-state index in [1.54, 1.807) is 0 Å². The number of hydrogen-bond donors (Lipinski definition) is 0. The number of piperazine rings is 1. The minimum absolute atomic E-state index is 0.922. The zero-order chi connectivity index (χ0) is 13.9. The molecule has 0 spiro atoms. The fraction of sp³-hybridized carbons (Fsp3) is 0.429. The van der Waals surface area contributed by atoms with Crippen molar-refractivity contribution in [2.45, 2.75) is 6.54 Å². The third-order valence-corrected chi connectivity index (χ3v) is 4.16. The highest BCUT2D eigenvalue weighted by molar-refractivity contribution is 9.10. The van der Waals surface area contributed by atoms with E-state index in [2.05, 4.69) is 46.3 Å². The highest BCUT2D eigenvalue weighted by Crippen LogP contribution is 2.17. The number of halogens is 1. The monoisotopic (exact) mass is 335 g/mol. The van der Waals surface area contributed by atoms with E-state index in [1.165, 1.54) is 0 Å². The molecule has 3 heterocycles. The van der Waals surface area contributed by atoms with Gasteiger partial charge >= 0.3 is 0 Å². The second-order valence-corrected chi connectivity index (χ2v) is 5.97. The maximum absolute atomic E-state index is 4.46. The van der Waals surface area contributed by atoms with Crippen molar-refractivity contribution in [3.05, 3.63) is 41.0 Å². The summed E-state index contributed by atoms with van der Waals surface area (Å²) < 4.78 is 3.11. The van der Waals surface area contributed by atoms with Crippen LogP contribution in [0.15, 0.2) is 35.2 Å². The predicted molar refractivity (Wildman–Crippen MR) is 82.6 cm³/mol. The maximum atomic E-state index is 4.46. The van der Waals surface area contributed by atoms with Crippen molar-refractivity contribution in [2.75, 3.05) is 31.1 Å². The van der Waals surface area contributed by atoms with Gasteiger partial charge in [0.05, 0.1) is 6.54 Å². The van der Waals surface area contributed by atoms with Gasteiger partial charge in [-0.05, 0) is 28.1 Å². The predicted octanol–water partition coefficient (Wildman–Crippen LogP) is 1.90. The fourth-order valence-corrected chi connectivity index (χ4v) is 2.67. The number of anilines is 1. The summed E-state index contributed by atoms with van der Waals surface area (Å²) in [4.78, 5) is 13.6. The first kappa shape index (κ1) is 13.6. The van der Waals surface area contributed by atoms with Gasteiger partial charge in [-0.1, -0.05) is 0 Å². The average Bonchev–Trinajstić information content (AvgIpc) is 2.86. The molecule has 1 saturated heterocycles. The van der Waals surface area contributed by atoms with E-state index in [1.807, 2.05) is 31.7 Å². The number of pyridine rings is 1. The molecule has 0 bridgehead atoms. The second-order valence-electron chi connectivity index (χ2n) is 5.05. The van der Waals surface area contributed by atoms with E-state index >= 15 is 0 Å². The van der Waals surface area contributed by atoms with Crippen molar-refractivity contribution >= 4 is 21.7 Å². The van der Waals surface area contributed by atoms with Gasteiger partial charge in [-0.25, -0.2) is 9.97 Å². The van der Waals surface area contributed by atoms with Gasteiger partial charge in [-0.3, -0.25) is 4.90 Å². The van der Waals surface area contributed by atoms with E-state index in [0.29, 0.717) is 0 Å². The topological polar surface area (TPSA) is 37.2 Å². The van der Waals surface area contributed by atoms with Gasteiger partial charge in [0.15, 0.2) is 0 Å². The Morgan fingerprint density at radius 3 is 2.55 bits per heavy atom. The van der Waals surface area contributed by atoms with Crippen LogP contribution in [0.1, 0.15) is 5.82 Å². The van der Waals surface area contributed by atoms with Crippen LogP contribution in [-0.4, -0.2) is 45.6 Å². The van der Waals surface area contributed by atoms with Gasteiger partial charge < -0.3 is 9.47 Å². The zero-order valence-electron chi connectivity index (χ0n) is 11.5. The SMILES string of the molecule is Cn1ccnc1CN1CCN(c2ccc(Br)cn2)CC1. The number of nitrogens with zero attached hydrogens (tertiary/aromatic N) is 5. The van der Waals surface area contributed by atoms with Gasteiger partial charge in [0, 0.05) is 56.3 Å². The Hall–Kier alpha value is -1.40. The number of aromatic nitrogens is 3. The molecule has 1 aliphatic rings. The van der Waals surface area contributed by atoms with Gasteiger partial charge in [0.1, 0.15) is 11.6 Å². The first-order valence-corrected chi connectivity index (χ1v) is 7.57. The Balaban J connectivity index is 1.57. The minimum Gasteiger partial charge on any atom is -0.354 e. The zero-order valence-corrected chi connectivity index (χ0v) is 13.1. The Kier molecular flexibility index (Phi) is 4.03. The average molecular weight is 336 g/mol. The van der Waals surface area contributed by atoms with Gasteiger partial charge in [-0.15, -0.1) is 0 Å². The maximum Gasteiger partial charge on any atom is 0.128 e. The lowest BCUT2D eigenvalue weighted by atomic mass is 10.3. The van der Waals surface area contributed by atoms with E-state index in [4.69, 9.17) is 0 Å². The third kappa shape index (κ3) is 3.02. The third-order valence-electron chi connectivity index (χ3n) is 3.69. The van der Waals surface area contributed by atoms with Crippen molar-refractivity contribution in [3.8, 4) is 0 Å². The first-order valence-electron chi connectivity index (χ1n) is 6.77. The van der Waals surface area contributed by atoms with Crippen LogP contribution in [0.25, 0.3) is 0 Å². The molecule has 3 rings (SSSR count). The Morgan fingerprint density at radius 1 is 1.15 bits per heavy atom. The number of imidazole rings is 1. The summed E-state index contributed by atoms with van der Waals surface area (Å²) in [6.07, 6.45) is 5.71. The van der Waals surface area contributed by atoms with Crippen LogP contribution in [0.3, 0.4) is 0 Å². The smallest absolute Gasteiger partial charge is 0.128 e. The summed E-state index contributed by atoms with van der Waals surface area (Å²) in [5.74, 6) is 2.19. The molecule has 1 aliphatic heterocycles. The molecule has 0 unspecified atom stereocenters. The number of aryl methyl sites for hydroxylation is 1. The fourth-order valence-electron chi connectivity index (χ4n) is 2.44. The van der Waals surface area contributed by atoms with Crippen LogP contribution >= 0.6 is 15.9 Å². The summed E-state index contributed by atoms with van der Waals surface area (Å²) in [6.45, 7) is 5.04. The van der Waals surface area contributed by atoms with Crippen molar-refractivity contribution in [2.24, 2.45) is 7.05 Å². The lowest BCUT2D eigenvalue weighted by Gasteiger charge is -2.35. The summed E-state index contributed by atoms with van der Waals surface area (Å²) in [5.41, 5.74) is 0. The van der Waals surface area contributed by atoms with E-state index in [9.17, 15) is 0 Å². The van der Waals surface area contributed by atoms with Gasteiger partial charge in [0.25, 0.3) is 0 Å². The molecule has 0 aliphatic carbocycles. The van der Waals surface area contributed by atoms with Crippen molar-refractivity contribution in [1.29, 1.82) is 0 Å². The summed E-state index contributed by atoms with van der Waals surface area (Å²) in [6, 6.07) is 4.11. The highest BCUT2D eigenvalue weighted by Gasteiger charge is 2.18. The largest absolute Gasteiger partial charge is 0.354 e. The summed E-state index contributed by atoms with van der Waals surface area (Å²) in [5, 5.41) is 0. The normalized spacial score (nSPS) is 16.6. The second kappa shape index (κ2) is 5.93.